The molecular weight excluding hydrogens is 337 g/mol. The number of halogens is 1. The van der Waals surface area contributed by atoms with Gasteiger partial charge in [-0.2, -0.15) is 0 Å². The molecule has 0 bridgehead atoms. The van der Waals surface area contributed by atoms with Gasteiger partial charge in [-0.1, -0.05) is 12.1 Å². The lowest BCUT2D eigenvalue weighted by Crippen LogP contribution is -2.46. The third kappa shape index (κ3) is 4.45. The number of aliphatic hydroxyl groups excluding tert-OH is 1. The van der Waals surface area contributed by atoms with Crippen molar-refractivity contribution in [3.63, 3.8) is 0 Å². The first-order chi connectivity index (χ1) is 12.6. The van der Waals surface area contributed by atoms with Crippen LogP contribution in [-0.2, 0) is 0 Å². The maximum atomic E-state index is 13.0. The van der Waals surface area contributed by atoms with E-state index < -0.39 is 12.3 Å². The monoisotopic (exact) mass is 361 g/mol. The highest BCUT2D eigenvalue weighted by molar-refractivity contribution is 5.39. The number of benzene rings is 2. The first-order valence-corrected chi connectivity index (χ1v) is 8.71. The lowest BCUT2D eigenvalue weighted by Gasteiger charge is -2.30. The largest absolute Gasteiger partial charge is 0.493 e. The molecule has 0 saturated carbocycles. The van der Waals surface area contributed by atoms with E-state index in [-0.39, 0.29) is 11.9 Å². The minimum Gasteiger partial charge on any atom is -0.493 e. The Bertz CT molecular complexity index is 707. The minimum atomic E-state index is -0.690. The van der Waals surface area contributed by atoms with Crippen LogP contribution < -0.4 is 14.2 Å². The molecule has 3 atom stereocenters. The van der Waals surface area contributed by atoms with Crippen molar-refractivity contribution in [3.8, 4) is 17.2 Å². The highest BCUT2D eigenvalue weighted by Gasteiger charge is 2.33. The molecule has 3 rings (SSSR count). The summed E-state index contributed by atoms with van der Waals surface area (Å²) in [6.07, 6.45) is -0.434. The van der Waals surface area contributed by atoms with Gasteiger partial charge in [-0.05, 0) is 49.7 Å². The third-order valence-corrected chi connectivity index (χ3v) is 4.38. The Hall–Kier alpha value is -2.31. The van der Waals surface area contributed by atoms with Crippen LogP contribution in [0.3, 0.4) is 0 Å². The molecule has 1 aliphatic heterocycles. The molecule has 0 spiro atoms. The van der Waals surface area contributed by atoms with E-state index in [0.29, 0.717) is 23.8 Å². The fraction of sp³-hybridized carbons (Fsp3) is 0.400. The molecular formula is C20H24FNO4. The SMILES string of the molecule is COc1ccccc1OC(C(C)O)N1CCC(Oc2ccc(F)cc2)C1. The van der Waals surface area contributed by atoms with E-state index in [4.69, 9.17) is 14.2 Å². The van der Waals surface area contributed by atoms with E-state index >= 15 is 0 Å². The summed E-state index contributed by atoms with van der Waals surface area (Å²) < 4.78 is 30.3. The Labute approximate surface area is 152 Å². The van der Waals surface area contributed by atoms with Crippen molar-refractivity contribution in [2.24, 2.45) is 0 Å². The Kier molecular flexibility index (Phi) is 5.96. The molecule has 140 valence electrons. The smallest absolute Gasteiger partial charge is 0.178 e. The summed E-state index contributed by atoms with van der Waals surface area (Å²) in [5, 5.41) is 10.2. The lowest BCUT2D eigenvalue weighted by molar-refractivity contribution is -0.0519. The molecule has 26 heavy (non-hydrogen) atoms. The van der Waals surface area contributed by atoms with Crippen LogP contribution in [-0.4, -0.2) is 48.6 Å². The Morgan fingerprint density at radius 1 is 1.12 bits per heavy atom. The van der Waals surface area contributed by atoms with Gasteiger partial charge in [-0.15, -0.1) is 0 Å². The molecule has 1 heterocycles. The van der Waals surface area contributed by atoms with E-state index in [1.165, 1.54) is 12.1 Å². The Balaban J connectivity index is 1.65. The van der Waals surface area contributed by atoms with Crippen LogP contribution in [0, 0.1) is 5.82 Å². The lowest BCUT2D eigenvalue weighted by atomic mass is 10.3. The van der Waals surface area contributed by atoms with Gasteiger partial charge in [0.25, 0.3) is 0 Å². The number of aliphatic hydroxyl groups is 1. The average Bonchev–Trinajstić information content (AvgIpc) is 3.09. The highest BCUT2D eigenvalue weighted by Crippen LogP contribution is 2.29. The molecule has 1 N–H and O–H groups in total. The standard InChI is InChI=1S/C20H24FNO4/c1-14(23)20(26-19-6-4-3-5-18(19)24-2)22-12-11-17(13-22)25-16-9-7-15(21)8-10-16/h3-10,14,17,20,23H,11-13H2,1-2H3. The van der Waals surface area contributed by atoms with Crippen LogP contribution in [0.5, 0.6) is 17.2 Å². The zero-order valence-corrected chi connectivity index (χ0v) is 15.0. The van der Waals surface area contributed by atoms with Crippen LogP contribution in [0.2, 0.25) is 0 Å². The number of hydrogen-bond donors (Lipinski definition) is 1. The van der Waals surface area contributed by atoms with Crippen molar-refractivity contribution < 1.29 is 23.7 Å². The summed E-state index contributed by atoms with van der Waals surface area (Å²) in [4.78, 5) is 2.05. The van der Waals surface area contributed by atoms with Crippen LogP contribution >= 0.6 is 0 Å². The van der Waals surface area contributed by atoms with E-state index in [9.17, 15) is 9.50 Å². The fourth-order valence-corrected chi connectivity index (χ4v) is 3.11. The van der Waals surface area contributed by atoms with Crippen LogP contribution in [0.15, 0.2) is 48.5 Å². The predicted octanol–water partition coefficient (Wildman–Crippen LogP) is 3.07. The van der Waals surface area contributed by atoms with Crippen molar-refractivity contribution in [3.05, 3.63) is 54.3 Å². The van der Waals surface area contributed by atoms with Gasteiger partial charge >= 0.3 is 0 Å². The molecule has 6 heteroatoms. The molecule has 1 fully saturated rings. The number of hydrogen-bond acceptors (Lipinski definition) is 5. The number of methoxy groups -OCH3 is 1. The van der Waals surface area contributed by atoms with E-state index in [1.807, 2.05) is 29.2 Å². The number of rotatable bonds is 7. The normalized spacial score (nSPS) is 19.8. The quantitative estimate of drug-likeness (QED) is 0.821. The summed E-state index contributed by atoms with van der Waals surface area (Å²) in [6, 6.07) is 13.4. The van der Waals surface area contributed by atoms with Crippen molar-refractivity contribution >= 4 is 0 Å². The molecule has 1 saturated heterocycles. The zero-order chi connectivity index (χ0) is 18.5. The summed E-state index contributed by atoms with van der Waals surface area (Å²) in [7, 11) is 1.59. The summed E-state index contributed by atoms with van der Waals surface area (Å²) >= 11 is 0. The number of para-hydroxylation sites is 2. The number of ether oxygens (including phenoxy) is 3. The van der Waals surface area contributed by atoms with Gasteiger partial charge in [0.1, 0.15) is 23.8 Å². The van der Waals surface area contributed by atoms with Gasteiger partial charge in [0.05, 0.1) is 7.11 Å². The second kappa shape index (κ2) is 8.38. The first-order valence-electron chi connectivity index (χ1n) is 8.71. The van der Waals surface area contributed by atoms with E-state index in [1.54, 1.807) is 26.2 Å². The van der Waals surface area contributed by atoms with Crippen LogP contribution in [0.1, 0.15) is 13.3 Å². The second-order valence-corrected chi connectivity index (χ2v) is 6.38. The van der Waals surface area contributed by atoms with Gasteiger partial charge < -0.3 is 19.3 Å². The van der Waals surface area contributed by atoms with E-state index in [0.717, 1.165) is 13.0 Å². The number of nitrogens with zero attached hydrogens (tertiary/aromatic N) is 1. The van der Waals surface area contributed by atoms with Gasteiger partial charge in [-0.25, -0.2) is 4.39 Å². The zero-order valence-electron chi connectivity index (χ0n) is 15.0. The van der Waals surface area contributed by atoms with Crippen LogP contribution in [0.4, 0.5) is 4.39 Å². The molecule has 0 amide bonds. The van der Waals surface area contributed by atoms with Gasteiger partial charge in [-0.3, -0.25) is 4.90 Å². The predicted molar refractivity (Wildman–Crippen MR) is 96.1 cm³/mol. The van der Waals surface area contributed by atoms with Crippen molar-refractivity contribution in [2.75, 3.05) is 20.2 Å². The minimum absolute atomic E-state index is 0.0389. The topological polar surface area (TPSA) is 51.2 Å². The molecule has 2 aromatic rings. The van der Waals surface area contributed by atoms with Crippen molar-refractivity contribution in [2.45, 2.75) is 31.8 Å². The van der Waals surface area contributed by atoms with Gasteiger partial charge in [0.2, 0.25) is 0 Å². The highest BCUT2D eigenvalue weighted by atomic mass is 19.1. The molecule has 5 nitrogen and oxygen atoms in total. The molecule has 0 aliphatic carbocycles. The average molecular weight is 361 g/mol. The molecule has 0 aromatic heterocycles. The summed E-state index contributed by atoms with van der Waals surface area (Å²) in [5.41, 5.74) is 0. The fourth-order valence-electron chi connectivity index (χ4n) is 3.11. The molecule has 2 aromatic carbocycles. The van der Waals surface area contributed by atoms with E-state index in [2.05, 4.69) is 0 Å². The Morgan fingerprint density at radius 3 is 2.46 bits per heavy atom. The third-order valence-electron chi connectivity index (χ3n) is 4.38. The van der Waals surface area contributed by atoms with Crippen molar-refractivity contribution in [1.29, 1.82) is 0 Å². The second-order valence-electron chi connectivity index (χ2n) is 6.38. The maximum absolute atomic E-state index is 13.0. The molecule has 1 aliphatic rings. The summed E-state index contributed by atoms with van der Waals surface area (Å²) in [6.45, 7) is 3.05. The van der Waals surface area contributed by atoms with Gasteiger partial charge in [0.15, 0.2) is 17.7 Å². The molecule has 3 unspecified atom stereocenters. The van der Waals surface area contributed by atoms with Crippen LogP contribution in [0.25, 0.3) is 0 Å². The molecule has 0 radical (unpaired) electrons. The summed E-state index contributed by atoms with van der Waals surface area (Å²) in [5.74, 6) is 1.56. The first kappa shape index (κ1) is 18.5. The maximum Gasteiger partial charge on any atom is 0.178 e. The number of likely N-dealkylation sites (tertiary alicyclic amines) is 1. The Morgan fingerprint density at radius 2 is 1.81 bits per heavy atom. The van der Waals surface area contributed by atoms with Gasteiger partial charge in [0, 0.05) is 13.1 Å². The van der Waals surface area contributed by atoms with Crippen molar-refractivity contribution in [1.82, 2.24) is 4.90 Å².